The third-order valence-corrected chi connectivity index (χ3v) is 12.2. The number of benzene rings is 3. The van der Waals surface area contributed by atoms with Gasteiger partial charge in [-0.15, -0.1) is 0 Å². The Morgan fingerprint density at radius 3 is 2.57 bits per heavy atom. The van der Waals surface area contributed by atoms with Gasteiger partial charge in [-0.25, -0.2) is 9.89 Å². The molecule has 18 heteroatoms. The predicted molar refractivity (Wildman–Crippen MR) is 207 cm³/mol. The number of aliphatic hydroxyl groups is 5. The predicted octanol–water partition coefficient (Wildman–Crippen LogP) is -0.813. The summed E-state index contributed by atoms with van der Waals surface area (Å²) in [7, 11) is 0. The zero-order valence-corrected chi connectivity index (χ0v) is 31.7. The second-order valence-corrected chi connectivity index (χ2v) is 15.5. The fourth-order valence-corrected chi connectivity index (χ4v) is 9.12. The molecule has 1 unspecified atom stereocenters. The standard InChI is InChI=1S/C42H39N5O13/c43-40-45-36-31(37(53)46-40)44-19-47(36)28-8-4-3-5-23(28)22-11-14-57-18-29-41(55)12-9-20(16-49)42(56,38(41)54)39(59-29)60-34-26(22)15-27-30(35(34)58-17-21(50)10-13-48)33(52)25-7-2-1-6-24(25)32(27)51/h1-8,11,13-15,20-22,29,38-39,49-50,54-56H,9-10,12,16-19H2,(H2,43,46,53)/p+1/b14-11-/t20-,21-,22+,29+,38-,39-,41+,42+/m1/s1. The molecule has 18 nitrogen and oxygen atoms in total. The minimum absolute atomic E-state index is 0.0166. The van der Waals surface area contributed by atoms with Crippen LogP contribution < -0.4 is 19.7 Å². The summed E-state index contributed by atoms with van der Waals surface area (Å²) in [5.74, 6) is -4.69. The minimum Gasteiger partial charge on any atom is -0.499 e. The first-order chi connectivity index (χ1) is 28.9. The molecule has 3 aromatic rings. The van der Waals surface area contributed by atoms with Crippen LogP contribution in [0.15, 0.2) is 76.9 Å². The molecule has 310 valence electrons. The maximum atomic E-state index is 14.6. The van der Waals surface area contributed by atoms with Crippen molar-refractivity contribution in [1.82, 2.24) is 5.32 Å². The number of rotatable bonds is 8. The van der Waals surface area contributed by atoms with E-state index in [1.165, 1.54) is 24.5 Å². The van der Waals surface area contributed by atoms with E-state index in [0.29, 0.717) is 22.4 Å². The number of fused-ring (bicyclic) bond motifs is 10. The van der Waals surface area contributed by atoms with Crippen molar-refractivity contribution >= 4 is 47.0 Å². The molecule has 0 radical (unpaired) electrons. The summed E-state index contributed by atoms with van der Waals surface area (Å²) in [5, 5.41) is 67.9. The molecule has 1 saturated carbocycles. The molecule has 9 rings (SSSR count). The van der Waals surface area contributed by atoms with Gasteiger partial charge in [0.2, 0.25) is 18.0 Å². The van der Waals surface area contributed by atoms with Crippen molar-refractivity contribution in [3.05, 3.63) is 100 Å². The number of carbonyl (C=O) groups is 4. The lowest BCUT2D eigenvalue weighted by molar-refractivity contribution is -0.723. The Morgan fingerprint density at radius 1 is 1.05 bits per heavy atom. The van der Waals surface area contributed by atoms with Gasteiger partial charge in [0.05, 0.1) is 17.9 Å². The number of hydrogen-bond donors (Lipinski definition) is 8. The Hall–Kier alpha value is -5.99. The molecule has 9 atom stereocenters. The van der Waals surface area contributed by atoms with E-state index in [1.807, 2.05) is 0 Å². The SMILES string of the molecule is N=C1N=C2C(=NC[NH+]2c2ccccc2[C@@H]2/C=C\OC[C@@H]3O[C@H](Oc4c2cc2c(c4OC[C@H](O)CC=O)C(=O)c4ccccc4C2=O)[C@]2(O)[C@@H](CO)CC[C@@]3(O)[C@H]2O)C(=O)N1. The number of guanidine groups is 1. The average Bonchev–Trinajstić information content (AvgIpc) is 3.65. The van der Waals surface area contributed by atoms with Gasteiger partial charge in [-0.2, -0.15) is 4.99 Å². The van der Waals surface area contributed by atoms with Crippen molar-refractivity contribution in [3.63, 3.8) is 0 Å². The van der Waals surface area contributed by atoms with Crippen LogP contribution in [0.1, 0.15) is 68.2 Å². The third kappa shape index (κ3) is 6.01. The number of aliphatic imine (C=N–C) groups is 2. The quantitative estimate of drug-likeness (QED) is 0.101. The maximum Gasteiger partial charge on any atom is 0.284 e. The summed E-state index contributed by atoms with van der Waals surface area (Å²) in [6, 6.07) is 14.7. The van der Waals surface area contributed by atoms with Gasteiger partial charge in [-0.05, 0) is 31.1 Å². The van der Waals surface area contributed by atoms with Crippen molar-refractivity contribution in [2.45, 2.75) is 61.0 Å². The third-order valence-electron chi connectivity index (χ3n) is 12.2. The van der Waals surface area contributed by atoms with E-state index in [0.717, 1.165) is 0 Å². The van der Waals surface area contributed by atoms with Gasteiger partial charge in [0.15, 0.2) is 35.3 Å². The largest absolute Gasteiger partial charge is 0.499 e. The molecule has 1 saturated heterocycles. The average molecular weight is 823 g/mol. The highest BCUT2D eigenvalue weighted by Crippen LogP contribution is 2.53. The van der Waals surface area contributed by atoms with E-state index in [4.69, 9.17) is 24.4 Å². The summed E-state index contributed by atoms with van der Waals surface area (Å²) in [6.07, 6.45) is -3.46. The molecule has 4 aliphatic heterocycles. The molecule has 4 heterocycles. The molecule has 2 aliphatic carbocycles. The van der Waals surface area contributed by atoms with Crippen molar-refractivity contribution in [3.8, 4) is 11.5 Å². The van der Waals surface area contributed by atoms with E-state index in [1.54, 1.807) is 42.5 Å². The molecule has 3 aromatic carbocycles. The number of allylic oxidation sites excluding steroid dienone is 1. The summed E-state index contributed by atoms with van der Waals surface area (Å²) in [6.45, 7) is -1.54. The van der Waals surface area contributed by atoms with Crippen LogP contribution in [0.2, 0.25) is 0 Å². The summed E-state index contributed by atoms with van der Waals surface area (Å²) < 4.78 is 25.3. The minimum atomic E-state index is -2.47. The Morgan fingerprint density at radius 2 is 1.80 bits per heavy atom. The lowest BCUT2D eigenvalue weighted by atomic mass is 9.62. The molecule has 4 bridgehead atoms. The summed E-state index contributed by atoms with van der Waals surface area (Å²) in [5.41, 5.74) is -3.52. The van der Waals surface area contributed by atoms with Crippen molar-refractivity contribution < 1.29 is 68.6 Å². The molecule has 0 aromatic heterocycles. The van der Waals surface area contributed by atoms with E-state index in [-0.39, 0.29) is 89.4 Å². The van der Waals surface area contributed by atoms with E-state index in [2.05, 4.69) is 15.3 Å². The van der Waals surface area contributed by atoms with Crippen molar-refractivity contribution in [1.29, 1.82) is 5.41 Å². The summed E-state index contributed by atoms with van der Waals surface area (Å²) in [4.78, 5) is 62.5. The van der Waals surface area contributed by atoms with Crippen LogP contribution in [0.25, 0.3) is 0 Å². The highest BCUT2D eigenvalue weighted by molar-refractivity contribution is 6.68. The Bertz CT molecular complexity index is 2450. The number of nitrogens with zero attached hydrogens (tertiary/aromatic N) is 2. The lowest BCUT2D eigenvalue weighted by Gasteiger charge is -2.59. The Labute approximate surface area is 340 Å². The zero-order chi connectivity index (χ0) is 42.1. The van der Waals surface area contributed by atoms with E-state index in [9.17, 15) is 44.7 Å². The highest BCUT2D eigenvalue weighted by atomic mass is 16.7. The van der Waals surface area contributed by atoms with E-state index >= 15 is 0 Å². The van der Waals surface area contributed by atoms with Gasteiger partial charge in [-0.3, -0.25) is 25.1 Å². The highest BCUT2D eigenvalue weighted by Gasteiger charge is 2.69. The topological polar surface area (TPSA) is 271 Å². The molecule has 60 heavy (non-hydrogen) atoms. The van der Waals surface area contributed by atoms with Gasteiger partial charge in [-0.1, -0.05) is 42.5 Å². The van der Waals surface area contributed by atoms with Gasteiger partial charge in [0, 0.05) is 52.7 Å². The van der Waals surface area contributed by atoms with Crippen LogP contribution in [0.4, 0.5) is 5.69 Å². The second kappa shape index (κ2) is 14.9. The summed E-state index contributed by atoms with van der Waals surface area (Å²) >= 11 is 0. The fraction of sp³-hybridized carbons (Fsp3) is 0.357. The van der Waals surface area contributed by atoms with Crippen LogP contribution in [-0.4, -0.2) is 129 Å². The van der Waals surface area contributed by atoms with Crippen LogP contribution >= 0.6 is 0 Å². The van der Waals surface area contributed by atoms with E-state index < -0.39 is 78.3 Å². The Kier molecular flexibility index (Phi) is 9.82. The number of para-hydroxylation sites is 1. The number of amidine groups is 1. The molecular formula is C42H40N5O13+. The number of ketones is 2. The van der Waals surface area contributed by atoms with Gasteiger partial charge in [0.1, 0.15) is 43.0 Å². The van der Waals surface area contributed by atoms with Crippen molar-refractivity contribution in [2.75, 3.05) is 26.5 Å². The normalized spacial score (nSPS) is 31.3. The number of hydrogen-bond acceptors (Lipinski definition) is 15. The first-order valence-electron chi connectivity index (χ1n) is 19.4. The second-order valence-electron chi connectivity index (χ2n) is 15.5. The van der Waals surface area contributed by atoms with Crippen LogP contribution in [-0.2, 0) is 19.1 Å². The fourth-order valence-electron chi connectivity index (χ4n) is 9.12. The molecule has 1 amide bonds. The molecule has 6 aliphatic rings. The zero-order valence-electron chi connectivity index (χ0n) is 31.7. The molecule has 0 spiro atoms. The number of amides is 1. The molecule has 8 N–H and O–H groups in total. The number of nitrogens with one attached hydrogen (secondary N) is 3. The first-order valence-corrected chi connectivity index (χ1v) is 19.4. The molecular weight excluding hydrogens is 782 g/mol. The van der Waals surface area contributed by atoms with Crippen molar-refractivity contribution in [2.24, 2.45) is 15.9 Å². The number of quaternary nitrogens is 1. The number of ether oxygens (including phenoxy) is 4. The monoisotopic (exact) mass is 822 g/mol. The van der Waals surface area contributed by atoms with Crippen LogP contribution in [0.3, 0.4) is 0 Å². The number of aldehydes is 1. The Balaban J connectivity index is 1.31. The maximum absolute atomic E-state index is 14.6. The lowest BCUT2D eigenvalue weighted by Crippen LogP contribution is -3.09. The number of aliphatic hydroxyl groups excluding tert-OH is 3. The van der Waals surface area contributed by atoms with Crippen LogP contribution in [0.5, 0.6) is 11.5 Å². The van der Waals surface area contributed by atoms with Crippen LogP contribution in [0, 0.1) is 11.3 Å². The van der Waals surface area contributed by atoms with Gasteiger partial charge < -0.3 is 49.3 Å². The number of carbonyl (C=O) groups excluding carboxylic acids is 4. The van der Waals surface area contributed by atoms with Gasteiger partial charge in [0.25, 0.3) is 11.7 Å². The molecule has 2 fully saturated rings. The van der Waals surface area contributed by atoms with Gasteiger partial charge >= 0.3 is 0 Å². The smallest absolute Gasteiger partial charge is 0.284 e. The first kappa shape index (κ1) is 39.5.